The van der Waals surface area contributed by atoms with Gasteiger partial charge in [-0.25, -0.2) is 9.97 Å². The lowest BCUT2D eigenvalue weighted by atomic mass is 10.2. The molecule has 0 fully saturated rings. The molecule has 3 aromatic rings. The summed E-state index contributed by atoms with van der Waals surface area (Å²) in [5, 5.41) is 1.11. The molecule has 0 bridgehead atoms. The van der Waals surface area contributed by atoms with Crippen molar-refractivity contribution in [1.82, 2.24) is 14.5 Å². The third-order valence-electron chi connectivity index (χ3n) is 3.77. The summed E-state index contributed by atoms with van der Waals surface area (Å²) in [5.41, 5.74) is 8.94. The Bertz CT molecular complexity index is 779. The van der Waals surface area contributed by atoms with E-state index in [-0.39, 0.29) is 0 Å². The minimum Gasteiger partial charge on any atom is -0.382 e. The molecule has 0 spiro atoms. The number of aromatic nitrogens is 3. The third-order valence-corrected chi connectivity index (χ3v) is 4.04. The number of imidazole rings is 1. The number of anilines is 1. The second kappa shape index (κ2) is 5.90. The Morgan fingerprint density at radius 2 is 2.00 bits per heavy atom. The first-order valence-electron chi connectivity index (χ1n) is 7.35. The Labute approximate surface area is 128 Å². The van der Waals surface area contributed by atoms with Gasteiger partial charge in [0.1, 0.15) is 11.3 Å². The fourth-order valence-electron chi connectivity index (χ4n) is 2.78. The summed E-state index contributed by atoms with van der Waals surface area (Å²) in [6.45, 7) is 3.03. The van der Waals surface area contributed by atoms with Crippen LogP contribution in [0.2, 0.25) is 0 Å². The van der Waals surface area contributed by atoms with Crippen LogP contribution in [0.3, 0.4) is 0 Å². The molecule has 21 heavy (non-hydrogen) atoms. The summed E-state index contributed by atoms with van der Waals surface area (Å²) in [4.78, 5) is 9.17. The quantitative estimate of drug-likeness (QED) is 0.577. The number of rotatable bonds is 5. The first kappa shape index (κ1) is 14.1. The molecule has 0 saturated carbocycles. The van der Waals surface area contributed by atoms with Gasteiger partial charge in [0.05, 0.1) is 11.0 Å². The zero-order valence-electron chi connectivity index (χ0n) is 12.1. The van der Waals surface area contributed by atoms with Gasteiger partial charge < -0.3 is 10.3 Å². The second-order valence-corrected chi connectivity index (χ2v) is 5.52. The highest BCUT2D eigenvalue weighted by Crippen LogP contribution is 2.29. The molecule has 3 rings (SSSR count). The summed E-state index contributed by atoms with van der Waals surface area (Å²) in [6.07, 6.45) is 2.92. The average molecular weight is 303 g/mol. The van der Waals surface area contributed by atoms with Crippen LogP contribution >= 0.6 is 11.6 Å². The van der Waals surface area contributed by atoms with Gasteiger partial charge in [0.2, 0.25) is 0 Å². The number of alkyl halides is 1. The summed E-state index contributed by atoms with van der Waals surface area (Å²) in [5.74, 6) is 2.26. The van der Waals surface area contributed by atoms with E-state index in [9.17, 15) is 0 Å². The molecule has 2 heterocycles. The van der Waals surface area contributed by atoms with Crippen molar-refractivity contribution in [3.63, 3.8) is 0 Å². The molecule has 4 nitrogen and oxygen atoms in total. The molecule has 0 radical (unpaired) electrons. The number of halogens is 1. The molecule has 0 aliphatic heterocycles. The fraction of sp³-hybridized carbons (Fsp3) is 0.375. The summed E-state index contributed by atoms with van der Waals surface area (Å²) in [6, 6.07) is 8.09. The highest BCUT2D eigenvalue weighted by molar-refractivity contribution is 6.17. The summed E-state index contributed by atoms with van der Waals surface area (Å²) >= 11 is 5.80. The lowest BCUT2D eigenvalue weighted by Crippen LogP contribution is -2.04. The lowest BCUT2D eigenvalue weighted by molar-refractivity contribution is 0.622. The van der Waals surface area contributed by atoms with Crippen molar-refractivity contribution >= 4 is 39.4 Å². The second-order valence-electron chi connectivity index (χ2n) is 5.14. The predicted octanol–water partition coefficient (Wildman–Crippen LogP) is 3.75. The molecule has 110 valence electrons. The number of hydrogen-bond acceptors (Lipinski definition) is 3. The number of hydrogen-bond donors (Lipinski definition) is 1. The van der Waals surface area contributed by atoms with E-state index < -0.39 is 0 Å². The Hall–Kier alpha value is -1.81. The van der Waals surface area contributed by atoms with Crippen LogP contribution < -0.4 is 5.73 Å². The molecule has 1 aromatic carbocycles. The number of nitrogens with two attached hydrogens (primary N) is 1. The Morgan fingerprint density at radius 1 is 1.19 bits per heavy atom. The zero-order valence-corrected chi connectivity index (χ0v) is 12.9. The van der Waals surface area contributed by atoms with E-state index in [1.54, 1.807) is 0 Å². The largest absolute Gasteiger partial charge is 0.382 e. The van der Waals surface area contributed by atoms with Gasteiger partial charge >= 0.3 is 0 Å². The number of unbranched alkanes of at least 4 members (excludes halogenated alkanes) is 1. The number of fused-ring (bicyclic) bond motifs is 3. The minimum absolute atomic E-state index is 0.509. The number of nitrogens with zero attached hydrogens (tertiary/aromatic N) is 3. The normalized spacial score (nSPS) is 11.5. The average Bonchev–Trinajstić information content (AvgIpc) is 2.87. The van der Waals surface area contributed by atoms with Gasteiger partial charge in [-0.2, -0.15) is 0 Å². The first-order valence-corrected chi connectivity index (χ1v) is 7.89. The summed E-state index contributed by atoms with van der Waals surface area (Å²) < 4.78 is 2.28. The van der Waals surface area contributed by atoms with Gasteiger partial charge in [0.25, 0.3) is 0 Å². The third kappa shape index (κ3) is 2.44. The van der Waals surface area contributed by atoms with Crippen LogP contribution in [0, 0.1) is 0 Å². The molecule has 2 N–H and O–H groups in total. The van der Waals surface area contributed by atoms with Crippen molar-refractivity contribution in [2.75, 3.05) is 11.6 Å². The van der Waals surface area contributed by atoms with Gasteiger partial charge in [-0.1, -0.05) is 25.1 Å². The van der Waals surface area contributed by atoms with E-state index in [2.05, 4.69) is 22.5 Å². The highest BCUT2D eigenvalue weighted by Gasteiger charge is 2.15. The van der Waals surface area contributed by atoms with Crippen LogP contribution in [-0.4, -0.2) is 20.4 Å². The van der Waals surface area contributed by atoms with Crippen LogP contribution in [0.4, 0.5) is 5.82 Å². The van der Waals surface area contributed by atoms with Crippen molar-refractivity contribution in [2.24, 2.45) is 0 Å². The van der Waals surface area contributed by atoms with Gasteiger partial charge in [0, 0.05) is 24.2 Å². The van der Waals surface area contributed by atoms with Crippen molar-refractivity contribution < 1.29 is 0 Å². The van der Waals surface area contributed by atoms with Crippen molar-refractivity contribution in [3.05, 3.63) is 30.1 Å². The maximum absolute atomic E-state index is 6.11. The van der Waals surface area contributed by atoms with Gasteiger partial charge in [-0.15, -0.1) is 11.6 Å². The zero-order chi connectivity index (χ0) is 14.8. The van der Waals surface area contributed by atoms with Crippen LogP contribution in [0.25, 0.3) is 21.9 Å². The number of aryl methyl sites for hydroxylation is 2. The fourth-order valence-corrected chi connectivity index (χ4v) is 2.97. The van der Waals surface area contributed by atoms with Gasteiger partial charge in [-0.05, 0) is 18.9 Å². The molecule has 5 heteroatoms. The van der Waals surface area contributed by atoms with Gasteiger partial charge in [-0.3, -0.25) is 0 Å². The standard InChI is InChI=1S/C16H19ClN4/c1-2-13-20-14-15(21(13)10-6-5-9-17)11-7-3-4-8-12(11)19-16(14)18/h3-4,7-8H,2,5-6,9-10H2,1H3,(H2,18,19). The number of benzene rings is 1. The van der Waals surface area contributed by atoms with Gasteiger partial charge in [0.15, 0.2) is 5.82 Å². The SMILES string of the molecule is CCc1nc2c(N)nc3ccccc3c2n1CCCCCl. The molecule has 0 atom stereocenters. The molecule has 0 unspecified atom stereocenters. The number of para-hydroxylation sites is 1. The molecule has 2 aromatic heterocycles. The molecule has 0 aliphatic rings. The Morgan fingerprint density at radius 3 is 2.76 bits per heavy atom. The van der Waals surface area contributed by atoms with Crippen LogP contribution in [0.1, 0.15) is 25.6 Å². The van der Waals surface area contributed by atoms with E-state index in [0.29, 0.717) is 11.7 Å². The monoisotopic (exact) mass is 302 g/mol. The molecule has 0 amide bonds. The number of pyridine rings is 1. The van der Waals surface area contributed by atoms with Crippen LogP contribution in [-0.2, 0) is 13.0 Å². The smallest absolute Gasteiger partial charge is 0.152 e. The van der Waals surface area contributed by atoms with Crippen LogP contribution in [0.15, 0.2) is 24.3 Å². The van der Waals surface area contributed by atoms with E-state index >= 15 is 0 Å². The topological polar surface area (TPSA) is 56.7 Å². The lowest BCUT2D eigenvalue weighted by Gasteiger charge is -2.09. The first-order chi connectivity index (χ1) is 10.3. The van der Waals surface area contributed by atoms with Crippen LogP contribution in [0.5, 0.6) is 0 Å². The van der Waals surface area contributed by atoms with Crippen molar-refractivity contribution in [3.8, 4) is 0 Å². The maximum atomic E-state index is 6.11. The molecular formula is C16H19ClN4. The molecule has 0 aliphatic carbocycles. The van der Waals surface area contributed by atoms with E-state index in [0.717, 1.165) is 53.6 Å². The maximum Gasteiger partial charge on any atom is 0.152 e. The Balaban J connectivity index is 2.27. The predicted molar refractivity (Wildman–Crippen MR) is 88.8 cm³/mol. The molecular weight excluding hydrogens is 284 g/mol. The molecule has 0 saturated heterocycles. The van der Waals surface area contributed by atoms with E-state index in [1.165, 1.54) is 0 Å². The van der Waals surface area contributed by atoms with Crippen molar-refractivity contribution in [2.45, 2.75) is 32.7 Å². The highest BCUT2D eigenvalue weighted by atomic mass is 35.5. The minimum atomic E-state index is 0.509. The number of nitrogen functional groups attached to an aromatic ring is 1. The summed E-state index contributed by atoms with van der Waals surface area (Å²) in [7, 11) is 0. The van der Waals surface area contributed by atoms with E-state index in [1.807, 2.05) is 18.2 Å². The Kier molecular flexibility index (Phi) is 3.97. The van der Waals surface area contributed by atoms with Crippen molar-refractivity contribution in [1.29, 1.82) is 0 Å². The van der Waals surface area contributed by atoms with E-state index in [4.69, 9.17) is 22.3 Å².